The van der Waals surface area contributed by atoms with Crippen molar-refractivity contribution in [1.29, 1.82) is 0 Å². The van der Waals surface area contributed by atoms with Crippen LogP contribution >= 0.6 is 0 Å². The fourth-order valence-corrected chi connectivity index (χ4v) is 4.38. The van der Waals surface area contributed by atoms with E-state index in [9.17, 15) is 4.79 Å². The Hall–Kier alpha value is -2.93. The first-order valence-electron chi connectivity index (χ1n) is 9.86. The van der Waals surface area contributed by atoms with Crippen molar-refractivity contribution in [3.63, 3.8) is 0 Å². The molecule has 4 rings (SSSR count). The van der Waals surface area contributed by atoms with Gasteiger partial charge >= 0.3 is 0 Å². The van der Waals surface area contributed by atoms with Gasteiger partial charge in [0.15, 0.2) is 5.78 Å². The van der Waals surface area contributed by atoms with Gasteiger partial charge in [0.25, 0.3) is 0 Å². The molecule has 2 aliphatic heterocycles. The zero-order valence-electron chi connectivity index (χ0n) is 17.2. The molecule has 3 heterocycles. The minimum Gasteiger partial charge on any atom is -0.473 e. The third-order valence-electron chi connectivity index (χ3n) is 5.22. The van der Waals surface area contributed by atoms with Gasteiger partial charge < -0.3 is 10.1 Å². The summed E-state index contributed by atoms with van der Waals surface area (Å²) >= 11 is 0. The number of H-pyrrole nitrogens is 1. The molecule has 1 aromatic rings. The van der Waals surface area contributed by atoms with Gasteiger partial charge in [0.2, 0.25) is 5.90 Å². The first kappa shape index (κ1) is 19.4. The lowest BCUT2D eigenvalue weighted by Gasteiger charge is -2.46. The number of ketones is 1. The van der Waals surface area contributed by atoms with E-state index in [1.165, 1.54) is 0 Å². The number of ether oxygens (including phenoxy) is 1. The zero-order valence-corrected chi connectivity index (χ0v) is 17.2. The van der Waals surface area contributed by atoms with Crippen molar-refractivity contribution >= 4 is 17.3 Å². The van der Waals surface area contributed by atoms with E-state index in [0.29, 0.717) is 17.2 Å². The van der Waals surface area contributed by atoms with Crippen molar-refractivity contribution in [2.45, 2.75) is 57.7 Å². The van der Waals surface area contributed by atoms with E-state index >= 15 is 0 Å². The molecule has 0 saturated carbocycles. The van der Waals surface area contributed by atoms with E-state index in [2.05, 4.69) is 53.7 Å². The van der Waals surface area contributed by atoms with E-state index in [-0.39, 0.29) is 23.0 Å². The Kier molecular flexibility index (Phi) is 4.78. The van der Waals surface area contributed by atoms with Gasteiger partial charge in [0.05, 0.1) is 11.9 Å². The van der Waals surface area contributed by atoms with Crippen molar-refractivity contribution in [3.8, 4) is 0 Å². The van der Waals surface area contributed by atoms with Crippen LogP contribution in [0.5, 0.6) is 0 Å². The third-order valence-corrected chi connectivity index (χ3v) is 5.22. The van der Waals surface area contributed by atoms with Crippen molar-refractivity contribution in [2.24, 2.45) is 5.10 Å². The standard InChI is InChI=1S/C22H27N5O2/c1-21(2)10-16(11-22(3,4)27-21)29-20-8-7-18(25-26-20)17-6-5-14(9-19(17)28)15-12-23-24-13-15/h5-9,12-13,16,25,27H,10-11H2,1-4H3,(H,23,24)/b18-17+. The molecule has 7 heteroatoms. The molecule has 1 fully saturated rings. The normalized spacial score (nSPS) is 26.0. The highest BCUT2D eigenvalue weighted by Gasteiger charge is 2.39. The Bertz CT molecular complexity index is 945. The fourth-order valence-electron chi connectivity index (χ4n) is 4.38. The monoisotopic (exact) mass is 393 g/mol. The molecular weight excluding hydrogens is 366 g/mol. The maximum absolute atomic E-state index is 12.6. The second-order valence-electron chi connectivity index (χ2n) is 9.05. The Labute approximate surface area is 170 Å². The molecule has 0 atom stereocenters. The van der Waals surface area contributed by atoms with Gasteiger partial charge in [-0.25, -0.2) is 0 Å². The molecule has 1 aliphatic carbocycles. The number of hydrogen-bond donors (Lipinski definition) is 3. The quantitative estimate of drug-likeness (QED) is 0.672. The van der Waals surface area contributed by atoms with Crippen LogP contribution in [0.2, 0.25) is 0 Å². The third kappa shape index (κ3) is 4.40. The summed E-state index contributed by atoms with van der Waals surface area (Å²) in [5.41, 5.74) is 5.92. The summed E-state index contributed by atoms with van der Waals surface area (Å²) in [7, 11) is 0. The summed E-state index contributed by atoms with van der Waals surface area (Å²) in [5, 5.41) is 14.7. The molecule has 29 heavy (non-hydrogen) atoms. The predicted molar refractivity (Wildman–Crippen MR) is 113 cm³/mol. The summed E-state index contributed by atoms with van der Waals surface area (Å²) < 4.78 is 6.14. The number of piperidine rings is 1. The molecule has 3 aliphatic rings. The van der Waals surface area contributed by atoms with Crippen LogP contribution in [0.1, 0.15) is 46.1 Å². The molecule has 0 spiro atoms. The van der Waals surface area contributed by atoms with Gasteiger partial charge in [-0.05, 0) is 51.5 Å². The summed E-state index contributed by atoms with van der Waals surface area (Å²) in [6.07, 6.45) is 14.3. The first-order chi connectivity index (χ1) is 13.7. The van der Waals surface area contributed by atoms with Crippen LogP contribution < -0.4 is 10.7 Å². The second-order valence-corrected chi connectivity index (χ2v) is 9.05. The maximum atomic E-state index is 12.6. The Balaban J connectivity index is 1.43. The molecule has 152 valence electrons. The van der Waals surface area contributed by atoms with Crippen LogP contribution in [-0.2, 0) is 9.53 Å². The molecule has 1 saturated heterocycles. The number of allylic oxidation sites excluding steroid dienone is 6. The Morgan fingerprint density at radius 3 is 2.41 bits per heavy atom. The largest absolute Gasteiger partial charge is 0.473 e. The van der Waals surface area contributed by atoms with Crippen LogP contribution in [0.25, 0.3) is 5.57 Å². The van der Waals surface area contributed by atoms with Crippen molar-refractivity contribution < 1.29 is 9.53 Å². The number of rotatable bonds is 2. The fraction of sp³-hybridized carbons (Fsp3) is 0.409. The summed E-state index contributed by atoms with van der Waals surface area (Å²) in [4.78, 5) is 12.6. The molecule has 7 nitrogen and oxygen atoms in total. The number of nitrogens with zero attached hydrogens (tertiary/aromatic N) is 2. The lowest BCUT2D eigenvalue weighted by molar-refractivity contribution is -0.111. The van der Waals surface area contributed by atoms with E-state index in [4.69, 9.17) is 4.74 Å². The average molecular weight is 393 g/mol. The van der Waals surface area contributed by atoms with Crippen molar-refractivity contribution in [3.05, 3.63) is 59.6 Å². The number of nitrogens with one attached hydrogen (secondary N) is 3. The number of aromatic nitrogens is 2. The van der Waals surface area contributed by atoms with Crippen LogP contribution in [0.3, 0.4) is 0 Å². The maximum Gasteiger partial charge on any atom is 0.231 e. The van der Waals surface area contributed by atoms with E-state index in [1.54, 1.807) is 24.5 Å². The van der Waals surface area contributed by atoms with Gasteiger partial charge in [-0.1, -0.05) is 6.08 Å². The molecule has 0 unspecified atom stereocenters. The topological polar surface area (TPSA) is 91.4 Å². The number of carbonyl (C=O) groups excluding carboxylic acids is 1. The second kappa shape index (κ2) is 7.15. The molecule has 0 radical (unpaired) electrons. The minimum atomic E-state index is -0.0720. The van der Waals surface area contributed by atoms with Gasteiger partial charge in [-0.15, -0.1) is 5.10 Å². The van der Waals surface area contributed by atoms with Crippen LogP contribution in [0.15, 0.2) is 59.1 Å². The van der Waals surface area contributed by atoms with Gasteiger partial charge in [-0.3, -0.25) is 15.3 Å². The molecular formula is C22H27N5O2. The molecule has 1 aromatic heterocycles. The predicted octanol–water partition coefficient (Wildman–Crippen LogP) is 2.98. The molecule has 0 bridgehead atoms. The smallest absolute Gasteiger partial charge is 0.231 e. The van der Waals surface area contributed by atoms with Crippen LogP contribution in [-0.4, -0.2) is 39.1 Å². The molecule has 3 N–H and O–H groups in total. The highest BCUT2D eigenvalue weighted by molar-refractivity contribution is 6.14. The lowest BCUT2D eigenvalue weighted by atomic mass is 9.81. The number of carbonyl (C=O) groups is 1. The summed E-state index contributed by atoms with van der Waals surface area (Å²) in [6, 6.07) is 0. The number of aromatic amines is 1. The highest BCUT2D eigenvalue weighted by atomic mass is 16.5. The van der Waals surface area contributed by atoms with E-state index < -0.39 is 0 Å². The first-order valence-corrected chi connectivity index (χ1v) is 9.86. The summed E-state index contributed by atoms with van der Waals surface area (Å²) in [5.74, 6) is 0.465. The SMILES string of the molecule is CC1(C)CC(OC2=NN/C(=C3\C=CC(c4cn[nH]c4)=CC3=O)C=C2)CC(C)(C)N1. The Morgan fingerprint density at radius 2 is 1.83 bits per heavy atom. The molecule has 0 aromatic carbocycles. The van der Waals surface area contributed by atoms with E-state index in [1.807, 2.05) is 18.2 Å². The van der Waals surface area contributed by atoms with Crippen LogP contribution in [0, 0.1) is 0 Å². The van der Waals surface area contributed by atoms with Crippen molar-refractivity contribution in [2.75, 3.05) is 0 Å². The molecule has 0 amide bonds. The number of hydrazone groups is 1. The summed E-state index contributed by atoms with van der Waals surface area (Å²) in [6.45, 7) is 8.76. The van der Waals surface area contributed by atoms with Gasteiger partial charge in [0.1, 0.15) is 6.10 Å². The Morgan fingerprint density at radius 1 is 1.07 bits per heavy atom. The lowest BCUT2D eigenvalue weighted by Crippen LogP contribution is -2.59. The van der Waals surface area contributed by atoms with Gasteiger partial charge in [-0.2, -0.15) is 5.10 Å². The average Bonchev–Trinajstić information content (AvgIpc) is 3.14. The zero-order chi connectivity index (χ0) is 20.6. The highest BCUT2D eigenvalue weighted by Crippen LogP contribution is 2.31. The minimum absolute atomic E-state index is 0.00423. The van der Waals surface area contributed by atoms with Gasteiger partial charge in [0, 0.05) is 47.3 Å². The van der Waals surface area contributed by atoms with Crippen LogP contribution in [0.4, 0.5) is 0 Å². The number of hydrogen-bond acceptors (Lipinski definition) is 6. The van der Waals surface area contributed by atoms with Crippen molar-refractivity contribution in [1.82, 2.24) is 20.9 Å². The van der Waals surface area contributed by atoms with E-state index in [0.717, 1.165) is 24.0 Å².